The van der Waals surface area contributed by atoms with Gasteiger partial charge in [0.05, 0.1) is 76.8 Å². The van der Waals surface area contributed by atoms with E-state index < -0.39 is 17.8 Å². The molecule has 6 aromatic carbocycles. The summed E-state index contributed by atoms with van der Waals surface area (Å²) in [5, 5.41) is 6.22. The number of unbranched alkanes of at least 4 members (excludes halogenated alkanes) is 1. The van der Waals surface area contributed by atoms with Crippen molar-refractivity contribution >= 4 is 170 Å². The maximum absolute atomic E-state index is 11.0. The molecule has 0 unspecified atom stereocenters. The molecule has 0 aliphatic heterocycles. The van der Waals surface area contributed by atoms with Crippen LogP contribution >= 0.6 is 40.6 Å². The van der Waals surface area contributed by atoms with Gasteiger partial charge in [-0.1, -0.05) is 161 Å². The van der Waals surface area contributed by atoms with E-state index >= 15 is 0 Å². The first-order valence-corrected chi connectivity index (χ1v) is 46.4. The largest absolute Gasteiger partial charge is 2.00 e. The Morgan fingerprint density at radius 1 is 0.511 bits per heavy atom. The molecule has 2 aliphatic carbocycles. The summed E-state index contributed by atoms with van der Waals surface area (Å²) >= 11 is 14.9. The molecule has 13 aromatic heterocycles. The molecule has 0 spiro atoms. The van der Waals surface area contributed by atoms with Gasteiger partial charge in [0.25, 0.3) is 5.56 Å². The van der Waals surface area contributed by atoms with Crippen molar-refractivity contribution in [2.45, 2.75) is 115 Å². The third-order valence-corrected chi connectivity index (χ3v) is 22.3. The van der Waals surface area contributed by atoms with Gasteiger partial charge in [0.1, 0.15) is 57.1 Å². The number of nitrogens with zero attached hydrogens (tertiary/aromatic N) is 10. The fraction of sp³-hybridized carbons (Fsp3) is 0.223. The van der Waals surface area contributed by atoms with Gasteiger partial charge in [0, 0.05) is 102 Å². The smallest absolute Gasteiger partial charge is 1.00 e. The Morgan fingerprint density at radius 2 is 0.985 bits per heavy atom. The summed E-state index contributed by atoms with van der Waals surface area (Å²) in [6.45, 7) is 22.8. The van der Waals surface area contributed by atoms with Crippen molar-refractivity contribution in [3.63, 3.8) is 0 Å². The van der Waals surface area contributed by atoms with Crippen molar-refractivity contribution in [2.75, 3.05) is 26.6 Å². The van der Waals surface area contributed by atoms with Crippen LogP contribution in [0.2, 0.25) is 5.15 Å². The number of aromatic amines is 8. The molecule has 26 nitrogen and oxygen atoms in total. The SMILES string of the molecule is C1=Cc2ccccc2C1.CCCCC(C)C.COC(=O)c1[nH]ccc1C.COc1cc(C)c(C)cc1C.COc1cc(C)c(C)cc1Nc1nc(-c2cn(C)c3ccccc23)c2[nH]ccc2n1.Cc1nc(-c2cn(C)c3ccccc23)c2[nH]ccc2n1.Cc1nc(C2=CCc3ccccc32)c2[nH]ccc2n1.Cc1nc(Cl)c2[nH]ccc2n1.O=[P+](Cl)Cl.O=c1[nH]c(=O)c2[nH]ccc2[nH]1.[Br-].[CH3-].[Mg+2]. The van der Waals surface area contributed by atoms with Crippen LogP contribution in [0.4, 0.5) is 11.6 Å². The first kappa shape index (κ1) is 106. The summed E-state index contributed by atoms with van der Waals surface area (Å²) in [6.07, 6.45) is 28.0. The van der Waals surface area contributed by atoms with E-state index in [1.54, 1.807) is 38.9 Å². The Hall–Kier alpha value is -13.1. The summed E-state index contributed by atoms with van der Waals surface area (Å²) in [6, 6.07) is 53.3. The number of H-pyrrole nitrogens is 8. The molecule has 32 heteroatoms. The number of para-hydroxylation sites is 2. The molecular weight excluding hydrogens is 1860 g/mol. The number of hydrogen-bond donors (Lipinski definition) is 9. The summed E-state index contributed by atoms with van der Waals surface area (Å²) < 4.78 is 28.6. The maximum atomic E-state index is 11.0. The number of halogens is 4. The zero-order valence-electron chi connectivity index (χ0n) is 79.0. The van der Waals surface area contributed by atoms with Gasteiger partial charge in [-0.2, -0.15) is 0 Å². The average Bonchev–Trinajstić information content (AvgIpc) is 1.62. The Balaban J connectivity index is 0.000000175. The zero-order chi connectivity index (χ0) is 94.4. The van der Waals surface area contributed by atoms with Gasteiger partial charge >= 0.3 is 41.2 Å². The van der Waals surface area contributed by atoms with Crippen LogP contribution in [0, 0.1) is 75.7 Å². The molecule has 19 aromatic rings. The van der Waals surface area contributed by atoms with Crippen LogP contribution in [-0.4, -0.2) is 139 Å². The van der Waals surface area contributed by atoms with E-state index in [1.807, 2.05) is 82.7 Å². The van der Waals surface area contributed by atoms with Crippen LogP contribution in [0.5, 0.6) is 11.5 Å². The molecule has 21 rings (SSSR count). The molecular formula is C103H111BrCl3MgN19O7P+. The minimum atomic E-state index is -1.93. The quantitative estimate of drug-likeness (QED) is 0.0191. The Kier molecular flexibility index (Phi) is 39.0. The number of fused-ring (bicyclic) bond motifs is 9. The monoisotopic (exact) mass is 1960 g/mol. The topological polar surface area (TPSA) is 347 Å². The van der Waals surface area contributed by atoms with E-state index in [1.165, 1.54) is 92.9 Å². The molecule has 135 heavy (non-hydrogen) atoms. The number of rotatable bonds is 11. The average molecular weight is 1970 g/mol. The predicted molar refractivity (Wildman–Crippen MR) is 550 cm³/mol. The van der Waals surface area contributed by atoms with Gasteiger partial charge in [-0.15, -0.1) is 0 Å². The zero-order valence-corrected chi connectivity index (χ0v) is 85.1. The van der Waals surface area contributed by atoms with Crippen molar-refractivity contribution in [3.05, 3.63) is 337 Å². The molecule has 0 amide bonds. The summed E-state index contributed by atoms with van der Waals surface area (Å²) in [5.74, 6) is 5.17. The number of carbonyl (C=O) groups excluding carboxylic acids is 1. The number of benzene rings is 6. The number of hydrogen-bond acceptors (Lipinski definition) is 16. The molecule has 0 saturated carbocycles. The van der Waals surface area contributed by atoms with E-state index in [-0.39, 0.29) is 53.4 Å². The molecule has 0 fully saturated rings. The van der Waals surface area contributed by atoms with Crippen LogP contribution < -0.4 is 43.0 Å². The maximum Gasteiger partial charge on any atom is 2.00 e. The molecule has 0 radical (unpaired) electrons. The number of allylic oxidation sites excluding steroid dienone is 2. The predicted octanol–water partition coefficient (Wildman–Crippen LogP) is 21.6. The molecule has 694 valence electrons. The van der Waals surface area contributed by atoms with E-state index in [0.29, 0.717) is 33.7 Å². The molecule has 0 bridgehead atoms. The van der Waals surface area contributed by atoms with Crippen molar-refractivity contribution in [2.24, 2.45) is 20.0 Å². The minimum Gasteiger partial charge on any atom is -1.00 e. The third-order valence-electron chi connectivity index (χ3n) is 22.0. The second-order valence-corrected chi connectivity index (χ2v) is 35.0. The second-order valence-electron chi connectivity index (χ2n) is 31.9. The standard InChI is InChI=1S/C24H23N5O.C16H14N4.C16H13N3.C10H14O.C9H8.C7H6ClN3.C7H9NO2.C7H16.C6H5N3O2.CH3.BrH.Cl2OP.Mg/c1-14-11-19(21(30-4)12-15(14)2)27-24-26-18-9-10-25-23(18)22(28-24)17-13-29(3)20-8-6-5-7-16(17)20;1-10-18-13-7-8-17-16(13)15(19-10)12-9-20(2)14-6-4-3-5-11(12)14;1-10-18-14-8-9-17-16(14)15(19-10)13-7-6-11-4-2-3-5-12(11)13;1-7-5-9(3)10(11-4)6-8(7)2;1-2-5-9-7-3-6-8(9)4-1;1-4-10-5-2-3-9-6(5)7(8)11-4;1-5-3-4-8-6(5)7(9)10-2;1-4-5-6-7(2)3;10-5-4-3(1-2-7-4)8-6(11)9-5;;;1-4(2)3;/h5-13,25H,1-4H3,(H,26,27,28);3-9,17H,1-2H3;2-5,7-9,17H,6H2,1H3;5-6H,1-4H3;1-6H,7H2;2-3,9H,1H3;3-4,8H,1-2H3;7H,4-6H2,1-3H3;1-2,7H,(H2,8,9,10,11);1H3;1H;;/q;;;;;;;;;-1;;+1;+2/p-1. The number of aryl methyl sites for hydroxylation is 11. The van der Waals surface area contributed by atoms with Gasteiger partial charge in [0.15, 0.2) is 5.15 Å². The summed E-state index contributed by atoms with van der Waals surface area (Å²) in [4.78, 5) is 91.3. The van der Waals surface area contributed by atoms with Gasteiger partial charge in [-0.3, -0.25) is 9.78 Å². The number of ether oxygens (including phenoxy) is 3. The van der Waals surface area contributed by atoms with E-state index in [0.717, 1.165) is 136 Å². The van der Waals surface area contributed by atoms with Gasteiger partial charge < -0.3 is 88.0 Å². The second kappa shape index (κ2) is 49.8. The van der Waals surface area contributed by atoms with Gasteiger partial charge in [-0.05, 0) is 208 Å². The fourth-order valence-corrected chi connectivity index (χ4v) is 15.5. The fourth-order valence-electron chi connectivity index (χ4n) is 15.2. The number of aromatic nitrogens is 18. The Morgan fingerprint density at radius 3 is 1.53 bits per heavy atom. The van der Waals surface area contributed by atoms with Crippen molar-refractivity contribution < 1.29 is 40.6 Å². The molecule has 13 heterocycles. The number of methoxy groups -OCH3 is 3. The van der Waals surface area contributed by atoms with Gasteiger partial charge in [0.2, 0.25) is 28.4 Å². The number of anilines is 2. The Labute approximate surface area is 826 Å². The number of nitrogens with one attached hydrogen (secondary N) is 9. The molecule has 0 saturated heterocycles. The first-order chi connectivity index (χ1) is 63.5. The normalized spacial score (nSPS) is 11.0. The summed E-state index contributed by atoms with van der Waals surface area (Å²) in [7, 11) is 8.86. The van der Waals surface area contributed by atoms with Crippen LogP contribution in [-0.2, 0) is 36.2 Å². The van der Waals surface area contributed by atoms with Crippen molar-refractivity contribution in [1.82, 2.24) is 88.9 Å². The van der Waals surface area contributed by atoms with Crippen LogP contribution in [0.1, 0.15) is 129 Å². The number of carbonyl (C=O) groups is 1. The van der Waals surface area contributed by atoms with Gasteiger partial charge in [-0.25, -0.2) is 49.5 Å². The van der Waals surface area contributed by atoms with E-state index in [2.05, 4.69) is 327 Å². The van der Waals surface area contributed by atoms with Crippen molar-refractivity contribution in [1.29, 1.82) is 0 Å². The van der Waals surface area contributed by atoms with E-state index in [4.69, 9.17) is 35.6 Å². The minimum absolute atomic E-state index is 0. The Bertz CT molecular complexity index is 7460. The third kappa shape index (κ3) is 27.0. The number of esters is 1. The summed E-state index contributed by atoms with van der Waals surface area (Å²) in [5.41, 5.74) is 30.0. The van der Waals surface area contributed by atoms with E-state index in [9.17, 15) is 14.4 Å². The molecule has 0 atom stereocenters. The van der Waals surface area contributed by atoms with Crippen LogP contribution in [0.3, 0.4) is 0 Å². The van der Waals surface area contributed by atoms with Crippen LogP contribution in [0.15, 0.2) is 229 Å². The van der Waals surface area contributed by atoms with Crippen LogP contribution in [0.25, 0.3) is 111 Å². The first-order valence-electron chi connectivity index (χ1n) is 43.0. The van der Waals surface area contributed by atoms with Crippen molar-refractivity contribution in [3.8, 4) is 34.0 Å². The molecule has 9 N–H and O–H groups in total. The molecule has 2 aliphatic rings.